The monoisotopic (exact) mass is 269 g/mol. The third-order valence-corrected chi connectivity index (χ3v) is 5.23. The predicted molar refractivity (Wildman–Crippen MR) is 83.4 cm³/mol. The van der Waals surface area contributed by atoms with E-state index in [4.69, 9.17) is 0 Å². The first-order valence-corrected chi connectivity index (χ1v) is 7.88. The maximum absolute atomic E-state index is 2.29. The molecule has 1 heterocycles. The molecule has 0 fully saturated rings. The summed E-state index contributed by atoms with van der Waals surface area (Å²) in [4.78, 5) is 1.33. The fourth-order valence-electron chi connectivity index (χ4n) is 2.03. The Bertz CT molecular complexity index is 675. The van der Waals surface area contributed by atoms with Gasteiger partial charge in [0.2, 0.25) is 16.2 Å². The minimum Gasteiger partial charge on any atom is -0.0674 e. The van der Waals surface area contributed by atoms with Crippen molar-refractivity contribution in [3.05, 3.63) is 60.7 Å². The van der Waals surface area contributed by atoms with Gasteiger partial charge in [-0.3, -0.25) is 0 Å². The van der Waals surface area contributed by atoms with E-state index in [9.17, 15) is 0 Å². The first-order chi connectivity index (χ1) is 8.88. The number of hydrogen-bond acceptors (Lipinski definition) is 1. The molecule has 0 spiro atoms. The molecule has 0 radical (unpaired) electrons. The molecule has 0 saturated heterocycles. The molecule has 0 atom stereocenters. The number of benzene rings is 2. The first-order valence-electron chi connectivity index (χ1n) is 5.84. The molecule has 0 saturated carbocycles. The number of rotatable bonds is 2. The zero-order valence-electron chi connectivity index (χ0n) is 10.1. The molecule has 0 unspecified atom stereocenters. The van der Waals surface area contributed by atoms with E-state index >= 15 is 0 Å². The Balaban J connectivity index is 2.26. The van der Waals surface area contributed by atoms with Gasteiger partial charge in [0, 0.05) is 11.6 Å². The van der Waals surface area contributed by atoms with Gasteiger partial charge in [0.1, 0.15) is 0 Å². The normalized spacial score (nSPS) is 10.7. The molecule has 2 aromatic carbocycles. The highest BCUT2D eigenvalue weighted by atomic mass is 32.2. The molecular weight excluding hydrogens is 256 g/mol. The molecular formula is C16H13S2+. The fraction of sp³-hybridized carbons (Fsp3) is 0.0625. The summed E-state index contributed by atoms with van der Waals surface area (Å²) >= 11 is 3.69. The van der Waals surface area contributed by atoms with Crippen molar-refractivity contribution in [2.45, 2.75) is 4.21 Å². The highest BCUT2D eigenvalue weighted by Crippen LogP contribution is 2.37. The van der Waals surface area contributed by atoms with Crippen LogP contribution in [-0.4, -0.2) is 6.26 Å². The molecule has 0 aliphatic heterocycles. The highest BCUT2D eigenvalue weighted by Gasteiger charge is 2.17. The van der Waals surface area contributed by atoms with Gasteiger partial charge in [0.05, 0.1) is 5.39 Å². The van der Waals surface area contributed by atoms with E-state index in [1.54, 1.807) is 0 Å². The van der Waals surface area contributed by atoms with Crippen molar-refractivity contribution in [2.24, 2.45) is 0 Å². The van der Waals surface area contributed by atoms with Gasteiger partial charge < -0.3 is 0 Å². The second kappa shape index (κ2) is 5.09. The molecule has 88 valence electrons. The van der Waals surface area contributed by atoms with E-state index in [0.717, 1.165) is 0 Å². The van der Waals surface area contributed by atoms with Gasteiger partial charge in [-0.15, -0.1) is 0 Å². The Kier molecular flexibility index (Phi) is 3.31. The minimum absolute atomic E-state index is 1.29. The topological polar surface area (TPSA) is 0 Å². The summed E-state index contributed by atoms with van der Waals surface area (Å²) in [6.07, 6.45) is 2.15. The van der Waals surface area contributed by atoms with Gasteiger partial charge in [0.15, 0.2) is 0 Å². The van der Waals surface area contributed by atoms with Crippen LogP contribution in [0.2, 0.25) is 0 Å². The predicted octanol–water partition coefficient (Wildman–Crippen LogP) is 5.57. The van der Waals surface area contributed by atoms with Crippen molar-refractivity contribution in [3.8, 4) is 10.4 Å². The zero-order chi connectivity index (χ0) is 12.4. The van der Waals surface area contributed by atoms with Gasteiger partial charge in [-0.1, -0.05) is 48.2 Å². The Hall–Kier alpha value is -1.38. The van der Waals surface area contributed by atoms with E-state index in [0.29, 0.717) is 0 Å². The summed E-state index contributed by atoms with van der Waals surface area (Å²) in [7, 11) is 0. The zero-order valence-corrected chi connectivity index (χ0v) is 11.7. The molecule has 3 rings (SSSR count). The van der Waals surface area contributed by atoms with Gasteiger partial charge >= 0.3 is 0 Å². The standard InChI is InChI=1S/C16H13S2/c1-17-16-14-10-6-5-9-13(14)11-15(18-16)12-7-3-2-4-8-12/h2-11H,1H3/q+1. The highest BCUT2D eigenvalue weighted by molar-refractivity contribution is 8.00. The molecule has 1 aromatic heterocycles. The van der Waals surface area contributed by atoms with E-state index in [2.05, 4.69) is 66.9 Å². The summed E-state index contributed by atoms with van der Waals surface area (Å²) in [6, 6.07) is 21.5. The molecule has 0 amide bonds. The van der Waals surface area contributed by atoms with Gasteiger partial charge in [0.25, 0.3) is 4.21 Å². The van der Waals surface area contributed by atoms with Crippen molar-refractivity contribution in [2.75, 3.05) is 6.26 Å². The Morgan fingerprint density at radius 3 is 2.39 bits per heavy atom. The SMILES string of the molecule is CSc1[s+]c(-c2ccccc2)cc2ccccc12. The van der Waals surface area contributed by atoms with Crippen molar-refractivity contribution < 1.29 is 0 Å². The van der Waals surface area contributed by atoms with Crippen molar-refractivity contribution in [1.82, 2.24) is 0 Å². The molecule has 0 aliphatic carbocycles. The first kappa shape index (κ1) is 11.7. The lowest BCUT2D eigenvalue weighted by molar-refractivity contribution is 1.68. The summed E-state index contributed by atoms with van der Waals surface area (Å²) in [6.45, 7) is 0. The van der Waals surface area contributed by atoms with Crippen LogP contribution in [0.3, 0.4) is 0 Å². The fourth-order valence-corrected chi connectivity index (χ4v) is 3.97. The van der Waals surface area contributed by atoms with Crippen LogP contribution in [-0.2, 0) is 0 Å². The van der Waals surface area contributed by atoms with E-state index < -0.39 is 0 Å². The quantitative estimate of drug-likeness (QED) is 0.433. The lowest BCUT2D eigenvalue weighted by atomic mass is 10.1. The maximum Gasteiger partial charge on any atom is 0.272 e. The smallest absolute Gasteiger partial charge is 0.0674 e. The lowest BCUT2D eigenvalue weighted by Crippen LogP contribution is -1.78. The van der Waals surface area contributed by atoms with Crippen LogP contribution in [0.1, 0.15) is 0 Å². The van der Waals surface area contributed by atoms with Crippen molar-refractivity contribution >= 4 is 33.9 Å². The lowest BCUT2D eigenvalue weighted by Gasteiger charge is -1.98. The molecule has 3 aromatic rings. The molecule has 2 heteroatoms. The van der Waals surface area contributed by atoms with Crippen LogP contribution >= 0.6 is 23.1 Å². The van der Waals surface area contributed by atoms with Crippen LogP contribution in [0.25, 0.3) is 21.2 Å². The van der Waals surface area contributed by atoms with E-state index in [1.807, 2.05) is 23.1 Å². The number of thioether (sulfide) groups is 1. The largest absolute Gasteiger partial charge is 0.272 e. The maximum atomic E-state index is 2.29. The Morgan fingerprint density at radius 2 is 1.61 bits per heavy atom. The second-order valence-electron chi connectivity index (χ2n) is 4.06. The van der Waals surface area contributed by atoms with Gasteiger partial charge in [-0.05, 0) is 29.8 Å². The third kappa shape index (κ3) is 2.14. The summed E-state index contributed by atoms with van der Waals surface area (Å²) in [5, 5.41) is 2.68. The van der Waals surface area contributed by atoms with Crippen LogP contribution in [0.5, 0.6) is 0 Å². The van der Waals surface area contributed by atoms with Crippen LogP contribution in [0.4, 0.5) is 0 Å². The molecule has 0 nitrogen and oxygen atoms in total. The van der Waals surface area contributed by atoms with E-state index in [1.165, 1.54) is 25.4 Å². The van der Waals surface area contributed by atoms with Crippen molar-refractivity contribution in [1.29, 1.82) is 0 Å². The molecule has 0 aliphatic rings. The molecule has 0 N–H and O–H groups in total. The average Bonchev–Trinajstić information content (AvgIpc) is 2.47. The van der Waals surface area contributed by atoms with Crippen molar-refractivity contribution in [3.63, 3.8) is 0 Å². The Labute approximate surface area is 115 Å². The van der Waals surface area contributed by atoms with Crippen LogP contribution in [0, 0.1) is 0 Å². The minimum atomic E-state index is 1.29. The van der Waals surface area contributed by atoms with Crippen LogP contribution < -0.4 is 0 Å². The second-order valence-corrected chi connectivity index (χ2v) is 6.18. The summed E-state index contributed by atoms with van der Waals surface area (Å²) < 4.78 is 1.38. The summed E-state index contributed by atoms with van der Waals surface area (Å²) in [5.74, 6) is 0. The third-order valence-electron chi connectivity index (χ3n) is 2.91. The molecule has 18 heavy (non-hydrogen) atoms. The Morgan fingerprint density at radius 1 is 0.889 bits per heavy atom. The van der Waals surface area contributed by atoms with Crippen LogP contribution in [0.15, 0.2) is 64.9 Å². The van der Waals surface area contributed by atoms with Gasteiger partial charge in [-0.2, -0.15) is 0 Å². The van der Waals surface area contributed by atoms with Gasteiger partial charge in [-0.25, -0.2) is 0 Å². The average molecular weight is 269 g/mol. The number of fused-ring (bicyclic) bond motifs is 1. The van der Waals surface area contributed by atoms with E-state index in [-0.39, 0.29) is 0 Å². The molecule has 0 bridgehead atoms. The number of hydrogen-bond donors (Lipinski definition) is 0. The summed E-state index contributed by atoms with van der Waals surface area (Å²) in [5.41, 5.74) is 1.29.